The number of hydrogen-bond acceptors (Lipinski definition) is 4. The van der Waals surface area contributed by atoms with Crippen molar-refractivity contribution >= 4 is 0 Å². The third-order valence-electron chi connectivity index (χ3n) is 3.35. The van der Waals surface area contributed by atoms with E-state index in [2.05, 4.69) is 36.3 Å². The van der Waals surface area contributed by atoms with Gasteiger partial charge in [0.15, 0.2) is 5.82 Å². The van der Waals surface area contributed by atoms with E-state index in [0.717, 1.165) is 43.9 Å². The van der Waals surface area contributed by atoms with Gasteiger partial charge in [0.2, 0.25) is 0 Å². The van der Waals surface area contributed by atoms with Gasteiger partial charge in [0.05, 0.1) is 11.4 Å². The highest BCUT2D eigenvalue weighted by Gasteiger charge is 2.16. The molecule has 1 N–H and O–H groups in total. The van der Waals surface area contributed by atoms with E-state index in [-0.39, 0.29) is 0 Å². The molecule has 5 heteroatoms. The van der Waals surface area contributed by atoms with E-state index in [9.17, 15) is 0 Å². The molecule has 2 aromatic rings. The Hall–Kier alpha value is -1.75. The molecule has 0 saturated carbocycles. The molecule has 0 saturated heterocycles. The summed E-state index contributed by atoms with van der Waals surface area (Å²) >= 11 is 0. The first-order valence-corrected chi connectivity index (χ1v) is 7.40. The second-order valence-electron chi connectivity index (χ2n) is 4.75. The molecule has 0 atom stereocenters. The van der Waals surface area contributed by atoms with Gasteiger partial charge >= 0.3 is 0 Å². The highest BCUT2D eigenvalue weighted by Crippen LogP contribution is 2.19. The van der Waals surface area contributed by atoms with Gasteiger partial charge in [-0.2, -0.15) is 10.2 Å². The molecule has 0 bridgehead atoms. The van der Waals surface area contributed by atoms with Crippen LogP contribution >= 0.6 is 0 Å². The predicted molar refractivity (Wildman–Crippen MR) is 79.9 cm³/mol. The van der Waals surface area contributed by atoms with Crippen molar-refractivity contribution in [3.63, 3.8) is 0 Å². The van der Waals surface area contributed by atoms with E-state index in [1.165, 1.54) is 11.3 Å². The normalized spacial score (nSPS) is 10.9. The monoisotopic (exact) mass is 273 g/mol. The van der Waals surface area contributed by atoms with Crippen molar-refractivity contribution in [2.45, 2.75) is 46.6 Å². The zero-order valence-electron chi connectivity index (χ0n) is 12.6. The minimum absolute atomic E-state index is 0.792. The van der Waals surface area contributed by atoms with Gasteiger partial charge in [0.25, 0.3) is 0 Å². The van der Waals surface area contributed by atoms with Crippen molar-refractivity contribution in [2.24, 2.45) is 0 Å². The van der Waals surface area contributed by atoms with E-state index in [4.69, 9.17) is 5.10 Å². The van der Waals surface area contributed by atoms with Gasteiger partial charge in [0.1, 0.15) is 0 Å². The fraction of sp³-hybridized carbons (Fsp3) is 0.533. The molecular weight excluding hydrogens is 250 g/mol. The predicted octanol–water partition coefficient (Wildman–Crippen LogP) is 2.29. The topological polar surface area (TPSA) is 55.6 Å². The lowest BCUT2D eigenvalue weighted by atomic mass is 10.1. The Morgan fingerprint density at radius 3 is 2.65 bits per heavy atom. The molecule has 0 fully saturated rings. The first kappa shape index (κ1) is 14.7. The summed E-state index contributed by atoms with van der Waals surface area (Å²) in [6.45, 7) is 8.39. The number of nitrogens with one attached hydrogen (secondary N) is 1. The quantitative estimate of drug-likeness (QED) is 0.786. The van der Waals surface area contributed by atoms with Crippen LogP contribution in [0.2, 0.25) is 0 Å². The third kappa shape index (κ3) is 3.04. The van der Waals surface area contributed by atoms with Crippen LogP contribution in [-0.2, 0) is 19.4 Å². The molecule has 0 spiro atoms. The number of nitrogens with zero attached hydrogens (tertiary/aromatic N) is 4. The summed E-state index contributed by atoms with van der Waals surface area (Å²) in [4.78, 5) is 0. The maximum absolute atomic E-state index is 4.72. The van der Waals surface area contributed by atoms with Crippen LogP contribution in [0.5, 0.6) is 0 Å². The van der Waals surface area contributed by atoms with Crippen molar-refractivity contribution in [1.82, 2.24) is 25.3 Å². The number of aryl methyl sites for hydroxylation is 1. The van der Waals surface area contributed by atoms with E-state index in [1.807, 2.05) is 16.8 Å². The van der Waals surface area contributed by atoms with Crippen LogP contribution in [0.1, 0.15) is 44.1 Å². The average molecular weight is 273 g/mol. The summed E-state index contributed by atoms with van der Waals surface area (Å²) in [7, 11) is 0. The standard InChI is InChI=1S/C15H23N5/c1-4-9-16-11-12-13(5-2)19-20(14(12)6-3)15-8-7-10-17-18-15/h7-8,10,16H,4-6,9,11H2,1-3H3. The molecule has 5 nitrogen and oxygen atoms in total. The smallest absolute Gasteiger partial charge is 0.175 e. The molecule has 0 unspecified atom stereocenters. The molecule has 2 heterocycles. The molecule has 0 aromatic carbocycles. The van der Waals surface area contributed by atoms with Crippen LogP contribution in [-0.4, -0.2) is 26.5 Å². The van der Waals surface area contributed by atoms with Crippen LogP contribution in [0.3, 0.4) is 0 Å². The Balaban J connectivity index is 2.38. The summed E-state index contributed by atoms with van der Waals surface area (Å²) in [6.07, 6.45) is 4.69. The van der Waals surface area contributed by atoms with E-state index >= 15 is 0 Å². The van der Waals surface area contributed by atoms with Gasteiger partial charge < -0.3 is 5.32 Å². The minimum Gasteiger partial charge on any atom is -0.313 e. The van der Waals surface area contributed by atoms with E-state index in [1.54, 1.807) is 6.20 Å². The zero-order chi connectivity index (χ0) is 14.4. The summed E-state index contributed by atoms with van der Waals surface area (Å²) in [6, 6.07) is 3.84. The first-order valence-electron chi connectivity index (χ1n) is 7.40. The molecule has 2 rings (SSSR count). The minimum atomic E-state index is 0.792. The zero-order valence-corrected chi connectivity index (χ0v) is 12.6. The Kier molecular flexibility index (Phi) is 5.24. The Morgan fingerprint density at radius 2 is 2.05 bits per heavy atom. The van der Waals surface area contributed by atoms with Gasteiger partial charge in [0, 0.05) is 18.3 Å². The van der Waals surface area contributed by atoms with Gasteiger partial charge in [-0.15, -0.1) is 5.10 Å². The molecule has 0 amide bonds. The lowest BCUT2D eigenvalue weighted by molar-refractivity contribution is 0.666. The van der Waals surface area contributed by atoms with Crippen molar-refractivity contribution in [2.75, 3.05) is 6.54 Å². The Bertz CT molecular complexity index is 533. The van der Waals surface area contributed by atoms with Crippen LogP contribution < -0.4 is 5.32 Å². The lowest BCUT2D eigenvalue weighted by Gasteiger charge is -2.07. The maximum Gasteiger partial charge on any atom is 0.175 e. The van der Waals surface area contributed by atoms with Crippen LogP contribution in [0.15, 0.2) is 18.3 Å². The van der Waals surface area contributed by atoms with Crippen LogP contribution in [0, 0.1) is 0 Å². The average Bonchev–Trinajstić information content (AvgIpc) is 2.86. The molecule has 0 aliphatic heterocycles. The fourth-order valence-electron chi connectivity index (χ4n) is 2.37. The van der Waals surface area contributed by atoms with Gasteiger partial charge in [-0.3, -0.25) is 0 Å². The maximum atomic E-state index is 4.72. The first-order chi connectivity index (χ1) is 9.81. The summed E-state index contributed by atoms with van der Waals surface area (Å²) in [5, 5.41) is 16.3. The van der Waals surface area contributed by atoms with E-state index < -0.39 is 0 Å². The molecule has 0 aliphatic carbocycles. The summed E-state index contributed by atoms with van der Waals surface area (Å²) in [5.41, 5.74) is 3.69. The lowest BCUT2D eigenvalue weighted by Crippen LogP contribution is -2.16. The number of aromatic nitrogens is 4. The Labute approximate surface area is 120 Å². The second kappa shape index (κ2) is 7.14. The largest absolute Gasteiger partial charge is 0.313 e. The fourth-order valence-corrected chi connectivity index (χ4v) is 2.37. The summed E-state index contributed by atoms with van der Waals surface area (Å²) in [5.74, 6) is 0.792. The molecule has 108 valence electrons. The second-order valence-corrected chi connectivity index (χ2v) is 4.75. The summed E-state index contributed by atoms with van der Waals surface area (Å²) < 4.78 is 1.94. The van der Waals surface area contributed by atoms with Gasteiger partial charge in [-0.05, 0) is 37.9 Å². The van der Waals surface area contributed by atoms with Crippen molar-refractivity contribution < 1.29 is 0 Å². The Morgan fingerprint density at radius 1 is 1.20 bits per heavy atom. The molecule has 0 radical (unpaired) electrons. The van der Waals surface area contributed by atoms with Crippen LogP contribution in [0.25, 0.3) is 5.82 Å². The van der Waals surface area contributed by atoms with Crippen molar-refractivity contribution in [1.29, 1.82) is 0 Å². The number of rotatable bonds is 7. The highest BCUT2D eigenvalue weighted by atomic mass is 15.3. The van der Waals surface area contributed by atoms with Crippen molar-refractivity contribution in [3.05, 3.63) is 35.3 Å². The molecular formula is C15H23N5. The van der Waals surface area contributed by atoms with Gasteiger partial charge in [-0.25, -0.2) is 4.68 Å². The number of hydrogen-bond donors (Lipinski definition) is 1. The molecule has 0 aliphatic rings. The van der Waals surface area contributed by atoms with Crippen LogP contribution in [0.4, 0.5) is 0 Å². The third-order valence-corrected chi connectivity index (χ3v) is 3.35. The highest BCUT2D eigenvalue weighted by molar-refractivity contribution is 5.33. The van der Waals surface area contributed by atoms with E-state index in [0.29, 0.717) is 0 Å². The molecule has 2 aromatic heterocycles. The van der Waals surface area contributed by atoms with Gasteiger partial charge in [-0.1, -0.05) is 20.8 Å². The SMILES string of the molecule is CCCNCc1c(CC)nn(-c2cccnn2)c1CC. The van der Waals surface area contributed by atoms with Crippen molar-refractivity contribution in [3.8, 4) is 5.82 Å². The molecule has 20 heavy (non-hydrogen) atoms.